The third-order valence-electron chi connectivity index (χ3n) is 5.53. The molecule has 144 valence electrons. The molecule has 1 aromatic carbocycles. The van der Waals surface area contributed by atoms with Crippen molar-refractivity contribution in [3.63, 3.8) is 0 Å². The van der Waals surface area contributed by atoms with Crippen molar-refractivity contribution in [3.05, 3.63) is 52.1 Å². The van der Waals surface area contributed by atoms with Gasteiger partial charge in [0.1, 0.15) is 0 Å². The molecule has 1 aromatic heterocycles. The van der Waals surface area contributed by atoms with E-state index >= 15 is 0 Å². The molecule has 1 aliphatic rings. The normalized spacial score (nSPS) is 15.9. The number of hydrogen-bond donors (Lipinski definition) is 0. The summed E-state index contributed by atoms with van der Waals surface area (Å²) >= 11 is 3.50. The van der Waals surface area contributed by atoms with Crippen LogP contribution in [0.5, 0.6) is 0 Å². The van der Waals surface area contributed by atoms with E-state index in [0.29, 0.717) is 17.6 Å². The Kier molecular flexibility index (Phi) is 6.33. The summed E-state index contributed by atoms with van der Waals surface area (Å²) in [4.78, 5) is 22.1. The molecule has 27 heavy (non-hydrogen) atoms. The van der Waals surface area contributed by atoms with Crippen LogP contribution in [0, 0.1) is 6.92 Å². The zero-order chi connectivity index (χ0) is 19.6. The van der Waals surface area contributed by atoms with Gasteiger partial charge in [0.05, 0.1) is 17.0 Å². The summed E-state index contributed by atoms with van der Waals surface area (Å²) in [5.41, 5.74) is 3.41. The van der Waals surface area contributed by atoms with Crippen LogP contribution in [0.25, 0.3) is 11.3 Å². The Labute approximate surface area is 170 Å². The minimum absolute atomic E-state index is 0.0730. The molecule has 4 nitrogen and oxygen atoms in total. The van der Waals surface area contributed by atoms with Gasteiger partial charge in [-0.25, -0.2) is 0 Å². The maximum atomic E-state index is 13.0. The number of halogens is 1. The van der Waals surface area contributed by atoms with Crippen molar-refractivity contribution in [1.82, 2.24) is 14.8 Å². The highest BCUT2D eigenvalue weighted by Crippen LogP contribution is 2.24. The Balaban J connectivity index is 1.73. The number of benzene rings is 1. The number of hydrogen-bond acceptors (Lipinski definition) is 3. The van der Waals surface area contributed by atoms with Crippen LogP contribution in [0.2, 0.25) is 0 Å². The van der Waals surface area contributed by atoms with E-state index in [4.69, 9.17) is 4.98 Å². The van der Waals surface area contributed by atoms with Crippen LogP contribution in [-0.2, 0) is 0 Å². The van der Waals surface area contributed by atoms with Crippen LogP contribution >= 0.6 is 15.9 Å². The quantitative estimate of drug-likeness (QED) is 0.702. The summed E-state index contributed by atoms with van der Waals surface area (Å²) in [7, 11) is 1.93. The van der Waals surface area contributed by atoms with E-state index in [1.807, 2.05) is 55.3 Å². The third-order valence-corrected chi connectivity index (χ3v) is 6.03. The van der Waals surface area contributed by atoms with E-state index in [2.05, 4.69) is 34.7 Å². The van der Waals surface area contributed by atoms with Crippen molar-refractivity contribution in [2.45, 2.75) is 45.7 Å². The first-order valence-electron chi connectivity index (χ1n) is 9.61. The molecule has 0 unspecified atom stereocenters. The molecule has 1 fully saturated rings. The lowest BCUT2D eigenvalue weighted by Gasteiger charge is -2.38. The van der Waals surface area contributed by atoms with Crippen molar-refractivity contribution < 1.29 is 4.79 Å². The minimum atomic E-state index is 0.0730. The third kappa shape index (κ3) is 4.58. The highest BCUT2D eigenvalue weighted by molar-refractivity contribution is 9.10. The molecule has 2 aromatic rings. The molecule has 0 radical (unpaired) electrons. The molecular weight excluding hydrogens is 402 g/mol. The molecule has 0 aliphatic carbocycles. The molecule has 0 bridgehead atoms. The van der Waals surface area contributed by atoms with Gasteiger partial charge < -0.3 is 9.80 Å². The predicted molar refractivity (Wildman–Crippen MR) is 114 cm³/mol. The Morgan fingerprint density at radius 1 is 1.22 bits per heavy atom. The fourth-order valence-electron chi connectivity index (χ4n) is 3.74. The lowest BCUT2D eigenvalue weighted by molar-refractivity contribution is 0.0614. The number of piperidine rings is 1. The fourth-order valence-corrected chi connectivity index (χ4v) is 4.14. The smallest absolute Gasteiger partial charge is 0.255 e. The lowest BCUT2D eigenvalue weighted by atomic mass is 10.0. The number of amides is 1. The largest absolute Gasteiger partial charge is 0.339 e. The van der Waals surface area contributed by atoms with Crippen molar-refractivity contribution in [3.8, 4) is 11.3 Å². The van der Waals surface area contributed by atoms with Crippen molar-refractivity contribution in [1.29, 1.82) is 0 Å². The number of rotatable bonds is 4. The van der Waals surface area contributed by atoms with Gasteiger partial charge in [-0.15, -0.1) is 0 Å². The van der Waals surface area contributed by atoms with Gasteiger partial charge in [0.2, 0.25) is 0 Å². The standard InChI is InChI=1S/C22H28BrN3O/c1-15(2)26-12-10-19(11-13-26)25(4)22(27)20-8-9-21(24-16(20)3)17-6-5-7-18(23)14-17/h5-9,14-15,19H,10-13H2,1-4H3. The number of carbonyl (C=O) groups excluding carboxylic acids is 1. The summed E-state index contributed by atoms with van der Waals surface area (Å²) in [6.45, 7) is 8.50. The van der Waals surface area contributed by atoms with Crippen molar-refractivity contribution in [2.75, 3.05) is 20.1 Å². The minimum Gasteiger partial charge on any atom is -0.339 e. The lowest BCUT2D eigenvalue weighted by Crippen LogP contribution is -2.47. The molecule has 0 atom stereocenters. The van der Waals surface area contributed by atoms with E-state index < -0.39 is 0 Å². The first kappa shape index (κ1) is 20.0. The van der Waals surface area contributed by atoms with Gasteiger partial charge in [0.25, 0.3) is 5.91 Å². The zero-order valence-corrected chi connectivity index (χ0v) is 18.2. The number of pyridine rings is 1. The van der Waals surface area contributed by atoms with Crippen LogP contribution in [0.1, 0.15) is 42.7 Å². The highest BCUT2D eigenvalue weighted by atomic mass is 79.9. The summed E-state index contributed by atoms with van der Waals surface area (Å²) in [5, 5.41) is 0. The van der Waals surface area contributed by atoms with Gasteiger partial charge in [0.15, 0.2) is 0 Å². The van der Waals surface area contributed by atoms with Gasteiger partial charge in [-0.05, 0) is 57.9 Å². The first-order chi connectivity index (χ1) is 12.9. The number of carbonyl (C=O) groups is 1. The van der Waals surface area contributed by atoms with Crippen LogP contribution in [0.3, 0.4) is 0 Å². The first-order valence-corrected chi connectivity index (χ1v) is 10.4. The second-order valence-electron chi connectivity index (χ2n) is 7.62. The monoisotopic (exact) mass is 429 g/mol. The molecule has 5 heteroatoms. The van der Waals surface area contributed by atoms with E-state index in [1.54, 1.807) is 0 Å². The Morgan fingerprint density at radius 2 is 1.93 bits per heavy atom. The average molecular weight is 430 g/mol. The summed E-state index contributed by atoms with van der Waals surface area (Å²) < 4.78 is 1.02. The van der Waals surface area contributed by atoms with Crippen LogP contribution < -0.4 is 0 Å². The topological polar surface area (TPSA) is 36.4 Å². The van der Waals surface area contributed by atoms with Crippen molar-refractivity contribution >= 4 is 21.8 Å². The summed E-state index contributed by atoms with van der Waals surface area (Å²) in [5.74, 6) is 0.0730. The SMILES string of the molecule is Cc1nc(-c2cccc(Br)c2)ccc1C(=O)N(C)C1CCN(C(C)C)CC1. The molecular formula is C22H28BrN3O. The van der Waals surface area contributed by atoms with E-state index in [0.717, 1.165) is 47.4 Å². The van der Waals surface area contributed by atoms with E-state index in [1.165, 1.54) is 0 Å². The number of likely N-dealkylation sites (tertiary alicyclic amines) is 1. The molecule has 0 spiro atoms. The average Bonchev–Trinajstić information content (AvgIpc) is 2.67. The predicted octanol–water partition coefficient (Wildman–Crippen LogP) is 4.76. The second-order valence-corrected chi connectivity index (χ2v) is 8.53. The van der Waals surface area contributed by atoms with Crippen LogP contribution in [0.15, 0.2) is 40.9 Å². The Morgan fingerprint density at radius 3 is 2.52 bits per heavy atom. The van der Waals surface area contributed by atoms with Gasteiger partial charge in [-0.1, -0.05) is 28.1 Å². The molecule has 2 heterocycles. The summed E-state index contributed by atoms with van der Waals surface area (Å²) in [6.07, 6.45) is 2.06. The van der Waals surface area contributed by atoms with E-state index in [9.17, 15) is 4.79 Å². The van der Waals surface area contributed by atoms with Crippen LogP contribution in [-0.4, -0.2) is 52.9 Å². The number of aryl methyl sites for hydroxylation is 1. The van der Waals surface area contributed by atoms with Gasteiger partial charge in [0, 0.05) is 42.3 Å². The molecule has 1 aliphatic heterocycles. The van der Waals surface area contributed by atoms with E-state index in [-0.39, 0.29) is 5.91 Å². The Bertz CT molecular complexity index is 813. The molecule has 1 amide bonds. The maximum Gasteiger partial charge on any atom is 0.255 e. The highest BCUT2D eigenvalue weighted by Gasteiger charge is 2.27. The van der Waals surface area contributed by atoms with Gasteiger partial charge in [-0.2, -0.15) is 0 Å². The number of aromatic nitrogens is 1. The molecule has 0 saturated carbocycles. The molecule has 0 N–H and O–H groups in total. The van der Waals surface area contributed by atoms with Gasteiger partial charge in [-0.3, -0.25) is 9.78 Å². The van der Waals surface area contributed by atoms with Crippen molar-refractivity contribution in [2.24, 2.45) is 0 Å². The maximum absolute atomic E-state index is 13.0. The molecule has 1 saturated heterocycles. The molecule has 3 rings (SSSR count). The fraction of sp³-hybridized carbons (Fsp3) is 0.455. The summed E-state index contributed by atoms with van der Waals surface area (Å²) in [6, 6.07) is 12.8. The number of nitrogens with zero attached hydrogens (tertiary/aromatic N) is 3. The second kappa shape index (κ2) is 8.53. The van der Waals surface area contributed by atoms with Crippen LogP contribution in [0.4, 0.5) is 0 Å². The Hall–Kier alpha value is -1.72. The zero-order valence-electron chi connectivity index (χ0n) is 16.6. The van der Waals surface area contributed by atoms with Gasteiger partial charge >= 0.3 is 0 Å².